The van der Waals surface area contributed by atoms with Crippen LogP contribution in [0.25, 0.3) is 0 Å². The van der Waals surface area contributed by atoms with Gasteiger partial charge in [-0.3, -0.25) is 9.59 Å². The van der Waals surface area contributed by atoms with E-state index in [1.165, 1.54) is 122 Å². The van der Waals surface area contributed by atoms with Crippen LogP contribution in [0, 0.1) is 0 Å². The van der Waals surface area contributed by atoms with Crippen LogP contribution < -0.4 is 0 Å². The molecule has 0 unspecified atom stereocenters. The first kappa shape index (κ1) is 36.9. The van der Waals surface area contributed by atoms with Crippen molar-refractivity contribution in [3.05, 3.63) is 0 Å². The number of carbonyl (C=O) groups excluding carboxylic acids is 2. The van der Waals surface area contributed by atoms with E-state index in [-0.39, 0.29) is 25.2 Å². The van der Waals surface area contributed by atoms with Crippen LogP contribution in [0.15, 0.2) is 0 Å². The highest BCUT2D eigenvalue weighted by atomic mass is 16.6. The Morgan fingerprint density at radius 2 is 0.816 bits per heavy atom. The van der Waals surface area contributed by atoms with Crippen LogP contribution in [0.2, 0.25) is 0 Å². The van der Waals surface area contributed by atoms with Crippen molar-refractivity contribution in [2.75, 3.05) is 13.2 Å². The number of unbranched alkanes of at least 4 members (excludes halogenated alkanes) is 22. The zero-order valence-electron chi connectivity index (χ0n) is 25.5. The normalized spacial score (nSPS) is 12.0. The molecule has 5 heteroatoms. The summed E-state index contributed by atoms with van der Waals surface area (Å²) >= 11 is 0. The second-order valence-electron chi connectivity index (χ2n) is 11.3. The summed E-state index contributed by atoms with van der Waals surface area (Å²) < 4.78 is 10.5. The fourth-order valence-corrected chi connectivity index (χ4v) is 4.85. The molecule has 0 saturated carbocycles. The van der Waals surface area contributed by atoms with Gasteiger partial charge in [-0.15, -0.1) is 0 Å². The lowest BCUT2D eigenvalue weighted by atomic mass is 10.0. The molecule has 0 aromatic carbocycles. The highest BCUT2D eigenvalue weighted by Gasteiger charge is 2.16. The topological polar surface area (TPSA) is 72.8 Å². The molecule has 0 bridgehead atoms. The van der Waals surface area contributed by atoms with Gasteiger partial charge in [-0.25, -0.2) is 0 Å². The van der Waals surface area contributed by atoms with E-state index in [9.17, 15) is 14.7 Å². The van der Waals surface area contributed by atoms with E-state index < -0.39 is 6.10 Å². The lowest BCUT2D eigenvalue weighted by Gasteiger charge is -2.15. The predicted molar refractivity (Wildman–Crippen MR) is 159 cm³/mol. The maximum absolute atomic E-state index is 12.1. The lowest BCUT2D eigenvalue weighted by Crippen LogP contribution is -2.28. The van der Waals surface area contributed by atoms with Crippen LogP contribution in [0.1, 0.15) is 181 Å². The van der Waals surface area contributed by atoms with E-state index in [0.717, 1.165) is 32.1 Å². The molecule has 1 atom stereocenters. The van der Waals surface area contributed by atoms with Crippen molar-refractivity contribution in [3.63, 3.8) is 0 Å². The molecule has 0 fully saturated rings. The number of aliphatic hydroxyl groups is 1. The molecule has 1 N–H and O–H groups in total. The number of esters is 2. The van der Waals surface area contributed by atoms with Gasteiger partial charge in [-0.2, -0.15) is 0 Å². The maximum Gasteiger partial charge on any atom is 0.306 e. The predicted octanol–water partition coefficient (Wildman–Crippen LogP) is 9.62. The Labute approximate surface area is 236 Å². The van der Waals surface area contributed by atoms with Gasteiger partial charge in [0.25, 0.3) is 0 Å². The first-order chi connectivity index (χ1) is 18.6. The Hall–Kier alpha value is -1.10. The molecule has 38 heavy (non-hydrogen) atoms. The van der Waals surface area contributed by atoms with Gasteiger partial charge >= 0.3 is 11.9 Å². The first-order valence-corrected chi connectivity index (χ1v) is 16.6. The zero-order chi connectivity index (χ0) is 27.9. The van der Waals surface area contributed by atoms with Gasteiger partial charge in [0.15, 0.2) is 6.10 Å². The van der Waals surface area contributed by atoms with Gasteiger partial charge in [-0.1, -0.05) is 155 Å². The van der Waals surface area contributed by atoms with Gasteiger partial charge < -0.3 is 14.6 Å². The third-order valence-corrected chi connectivity index (χ3v) is 7.40. The number of aliphatic hydroxyl groups excluding tert-OH is 1. The molecule has 0 aromatic rings. The monoisotopic (exact) mass is 540 g/mol. The van der Waals surface area contributed by atoms with E-state index in [0.29, 0.717) is 12.8 Å². The van der Waals surface area contributed by atoms with Gasteiger partial charge in [0.05, 0.1) is 6.61 Å². The maximum atomic E-state index is 12.1. The minimum absolute atomic E-state index is 0.0578. The molecule has 0 heterocycles. The minimum Gasteiger partial charge on any atom is -0.462 e. The van der Waals surface area contributed by atoms with Gasteiger partial charge in [-0.05, 0) is 12.8 Å². The summed E-state index contributed by atoms with van der Waals surface area (Å²) in [6, 6.07) is 0. The van der Waals surface area contributed by atoms with Crippen molar-refractivity contribution in [3.8, 4) is 0 Å². The van der Waals surface area contributed by atoms with Crippen molar-refractivity contribution in [1.29, 1.82) is 0 Å². The fourth-order valence-electron chi connectivity index (χ4n) is 4.85. The number of carbonyl (C=O) groups is 2. The molecule has 0 aliphatic carbocycles. The number of rotatable bonds is 30. The van der Waals surface area contributed by atoms with Crippen molar-refractivity contribution >= 4 is 11.9 Å². The average molecular weight is 541 g/mol. The Morgan fingerprint density at radius 1 is 0.500 bits per heavy atom. The third-order valence-electron chi connectivity index (χ3n) is 7.40. The van der Waals surface area contributed by atoms with E-state index in [1.54, 1.807) is 0 Å². The molecule has 0 aliphatic heterocycles. The molecule has 5 nitrogen and oxygen atoms in total. The van der Waals surface area contributed by atoms with Crippen LogP contribution in [0.4, 0.5) is 0 Å². The minimum atomic E-state index is -0.759. The molecule has 0 aromatic heterocycles. The molecular formula is C33H64O5. The SMILES string of the molecule is CCCCCCCCCCCCCCC(=O)OC[C@H](CO)OC(=O)CCCCCCCCCCCCCC. The van der Waals surface area contributed by atoms with Crippen molar-refractivity contribution < 1.29 is 24.2 Å². The van der Waals surface area contributed by atoms with Crippen LogP contribution in [-0.2, 0) is 19.1 Å². The smallest absolute Gasteiger partial charge is 0.306 e. The van der Waals surface area contributed by atoms with Gasteiger partial charge in [0, 0.05) is 12.8 Å². The van der Waals surface area contributed by atoms with E-state index in [1.807, 2.05) is 0 Å². The highest BCUT2D eigenvalue weighted by molar-refractivity contribution is 5.70. The number of ether oxygens (including phenoxy) is 2. The standard InChI is InChI=1S/C33H64O5/c1-3-5-7-9-11-13-15-17-19-21-23-25-27-32(35)37-30-31(29-34)38-33(36)28-26-24-22-20-18-16-14-12-10-8-6-4-2/h31,34H,3-30H2,1-2H3/t31-/m0/s1. The van der Waals surface area contributed by atoms with Crippen LogP contribution in [0.5, 0.6) is 0 Å². The summed E-state index contributed by atoms with van der Waals surface area (Å²) in [4.78, 5) is 24.0. The quantitative estimate of drug-likeness (QED) is 0.0725. The van der Waals surface area contributed by atoms with Gasteiger partial charge in [0.2, 0.25) is 0 Å². The second kappa shape index (κ2) is 30.4. The van der Waals surface area contributed by atoms with E-state index in [2.05, 4.69) is 13.8 Å². The van der Waals surface area contributed by atoms with E-state index in [4.69, 9.17) is 9.47 Å². The number of hydrogen-bond donors (Lipinski definition) is 1. The molecular weight excluding hydrogens is 476 g/mol. The first-order valence-electron chi connectivity index (χ1n) is 16.6. The largest absolute Gasteiger partial charge is 0.462 e. The average Bonchev–Trinajstić information content (AvgIpc) is 2.92. The van der Waals surface area contributed by atoms with Gasteiger partial charge in [0.1, 0.15) is 6.61 Å². The molecule has 0 radical (unpaired) electrons. The summed E-state index contributed by atoms with van der Waals surface area (Å²) in [7, 11) is 0. The molecule has 226 valence electrons. The van der Waals surface area contributed by atoms with Crippen LogP contribution in [-0.4, -0.2) is 36.4 Å². The Morgan fingerprint density at radius 3 is 1.16 bits per heavy atom. The summed E-state index contributed by atoms with van der Waals surface area (Å²) in [6.07, 6.45) is 30.1. The summed E-state index contributed by atoms with van der Waals surface area (Å²) in [5.74, 6) is -0.583. The lowest BCUT2D eigenvalue weighted by molar-refractivity contribution is -0.161. The number of hydrogen-bond acceptors (Lipinski definition) is 5. The van der Waals surface area contributed by atoms with Crippen LogP contribution in [0.3, 0.4) is 0 Å². The summed E-state index contributed by atoms with van der Waals surface area (Å²) in [6.45, 7) is 4.13. The second-order valence-corrected chi connectivity index (χ2v) is 11.3. The molecule has 0 spiro atoms. The Bertz CT molecular complexity index is 508. The summed E-state index contributed by atoms with van der Waals surface area (Å²) in [5.41, 5.74) is 0. The molecule has 0 saturated heterocycles. The van der Waals surface area contributed by atoms with Crippen molar-refractivity contribution in [1.82, 2.24) is 0 Å². The summed E-state index contributed by atoms with van der Waals surface area (Å²) in [5, 5.41) is 9.48. The van der Waals surface area contributed by atoms with Crippen molar-refractivity contribution in [2.24, 2.45) is 0 Å². The highest BCUT2D eigenvalue weighted by Crippen LogP contribution is 2.14. The fraction of sp³-hybridized carbons (Fsp3) is 0.939. The van der Waals surface area contributed by atoms with Crippen LogP contribution >= 0.6 is 0 Å². The molecule has 0 amide bonds. The molecule has 0 aliphatic rings. The van der Waals surface area contributed by atoms with Crippen molar-refractivity contribution in [2.45, 2.75) is 187 Å². The van der Waals surface area contributed by atoms with E-state index >= 15 is 0 Å². The third kappa shape index (κ3) is 27.9. The molecule has 0 rings (SSSR count). The Balaban J connectivity index is 3.54. The Kier molecular flexibility index (Phi) is 29.6. The zero-order valence-corrected chi connectivity index (χ0v) is 25.5.